The molecular weight excluding hydrogens is 239 g/mol. The van der Waals surface area contributed by atoms with Crippen molar-refractivity contribution in [2.45, 2.75) is 19.8 Å². The molecule has 0 atom stereocenters. The van der Waals surface area contributed by atoms with E-state index in [0.29, 0.717) is 12.2 Å². The third kappa shape index (κ3) is 2.20. The van der Waals surface area contributed by atoms with E-state index in [1.165, 1.54) is 16.8 Å². The number of hydrogen-bond acceptors (Lipinski definition) is 4. The lowest BCUT2D eigenvalue weighted by atomic mass is 10.1. The zero-order chi connectivity index (χ0) is 13.1. The smallest absolute Gasteiger partial charge is 0.338 e. The highest BCUT2D eigenvalue weighted by Crippen LogP contribution is 2.17. The maximum atomic E-state index is 13.1. The molecule has 0 spiro atoms. The van der Waals surface area contributed by atoms with Gasteiger partial charge in [-0.3, -0.25) is 0 Å². The largest absolute Gasteiger partial charge is 0.478 e. The van der Waals surface area contributed by atoms with Crippen molar-refractivity contribution in [2.24, 2.45) is 0 Å². The van der Waals surface area contributed by atoms with Crippen LogP contribution in [0.2, 0.25) is 0 Å². The number of carboxylic acids is 1. The maximum absolute atomic E-state index is 13.1. The van der Waals surface area contributed by atoms with E-state index in [1.54, 1.807) is 0 Å². The first-order valence-corrected chi connectivity index (χ1v) is 5.44. The summed E-state index contributed by atoms with van der Waals surface area (Å²) in [5.74, 6) is -1.28. The summed E-state index contributed by atoms with van der Waals surface area (Å²) in [6, 6.07) is 3.49. The van der Waals surface area contributed by atoms with Gasteiger partial charge in [0.15, 0.2) is 5.82 Å². The van der Waals surface area contributed by atoms with Crippen molar-refractivity contribution in [1.29, 1.82) is 0 Å². The molecule has 0 aliphatic rings. The Morgan fingerprint density at radius 3 is 2.94 bits per heavy atom. The fourth-order valence-corrected chi connectivity index (χ4v) is 1.64. The van der Waals surface area contributed by atoms with Gasteiger partial charge in [0.1, 0.15) is 5.82 Å². The number of aryl methyl sites for hydroxylation is 1. The van der Waals surface area contributed by atoms with Gasteiger partial charge in [-0.25, -0.2) is 9.18 Å². The Balaban J connectivity index is 2.56. The summed E-state index contributed by atoms with van der Waals surface area (Å²) in [5.41, 5.74) is 0.0944. The van der Waals surface area contributed by atoms with Gasteiger partial charge in [0.05, 0.1) is 11.3 Å². The van der Waals surface area contributed by atoms with Crippen LogP contribution in [0.3, 0.4) is 0 Å². The molecule has 0 amide bonds. The summed E-state index contributed by atoms with van der Waals surface area (Å²) in [4.78, 5) is 11.1. The van der Waals surface area contributed by atoms with E-state index in [9.17, 15) is 9.18 Å². The van der Waals surface area contributed by atoms with Gasteiger partial charge >= 0.3 is 5.97 Å². The quantitative estimate of drug-likeness (QED) is 0.888. The lowest BCUT2D eigenvalue weighted by Gasteiger charge is -2.07. The summed E-state index contributed by atoms with van der Waals surface area (Å²) in [6.45, 7) is 1.96. The Morgan fingerprint density at radius 2 is 2.28 bits per heavy atom. The zero-order valence-corrected chi connectivity index (χ0v) is 9.67. The van der Waals surface area contributed by atoms with E-state index in [-0.39, 0.29) is 11.3 Å². The SMILES string of the molecule is CCCc1nnnn1-c1ccc(F)cc1C(=O)O. The van der Waals surface area contributed by atoms with Gasteiger partial charge in [-0.15, -0.1) is 5.10 Å². The van der Waals surface area contributed by atoms with Crippen LogP contribution >= 0.6 is 0 Å². The summed E-state index contributed by atoms with van der Waals surface area (Å²) in [5, 5.41) is 20.1. The van der Waals surface area contributed by atoms with Crippen molar-refractivity contribution in [3.8, 4) is 5.69 Å². The van der Waals surface area contributed by atoms with Gasteiger partial charge in [-0.1, -0.05) is 6.92 Å². The number of benzene rings is 1. The van der Waals surface area contributed by atoms with Gasteiger partial charge in [-0.05, 0) is 35.0 Å². The molecular formula is C11H11FN4O2. The molecule has 2 aromatic rings. The second kappa shape index (κ2) is 4.91. The van der Waals surface area contributed by atoms with Crippen LogP contribution in [0.15, 0.2) is 18.2 Å². The topological polar surface area (TPSA) is 80.9 Å². The summed E-state index contributed by atoms with van der Waals surface area (Å²) in [6.07, 6.45) is 1.44. The van der Waals surface area contributed by atoms with Gasteiger partial charge in [0, 0.05) is 6.42 Å². The summed E-state index contributed by atoms with van der Waals surface area (Å²) in [7, 11) is 0. The van der Waals surface area contributed by atoms with Crippen molar-refractivity contribution >= 4 is 5.97 Å². The van der Waals surface area contributed by atoms with Gasteiger partial charge in [-0.2, -0.15) is 4.68 Å². The monoisotopic (exact) mass is 250 g/mol. The van der Waals surface area contributed by atoms with Crippen LogP contribution in [0.4, 0.5) is 4.39 Å². The molecule has 0 fully saturated rings. The minimum atomic E-state index is -1.22. The van der Waals surface area contributed by atoms with Crippen LogP contribution in [0, 0.1) is 5.82 Å². The number of rotatable bonds is 4. The zero-order valence-electron chi connectivity index (χ0n) is 9.67. The van der Waals surface area contributed by atoms with Crippen molar-refractivity contribution in [1.82, 2.24) is 20.2 Å². The lowest BCUT2D eigenvalue weighted by Crippen LogP contribution is -2.10. The highest BCUT2D eigenvalue weighted by Gasteiger charge is 2.16. The first-order chi connectivity index (χ1) is 8.63. The first kappa shape index (κ1) is 12.2. The number of nitrogens with zero attached hydrogens (tertiary/aromatic N) is 4. The second-order valence-electron chi connectivity index (χ2n) is 3.72. The maximum Gasteiger partial charge on any atom is 0.338 e. The Kier molecular flexibility index (Phi) is 3.31. The minimum absolute atomic E-state index is 0.167. The molecule has 0 bridgehead atoms. The van der Waals surface area contributed by atoms with Crippen molar-refractivity contribution in [3.63, 3.8) is 0 Å². The Bertz CT molecular complexity index is 582. The molecule has 0 saturated carbocycles. The molecule has 0 unspecified atom stereocenters. The minimum Gasteiger partial charge on any atom is -0.478 e. The number of hydrogen-bond donors (Lipinski definition) is 1. The average Bonchev–Trinajstić information content (AvgIpc) is 2.77. The molecule has 2 rings (SSSR count). The highest BCUT2D eigenvalue weighted by atomic mass is 19.1. The predicted molar refractivity (Wildman–Crippen MR) is 60.1 cm³/mol. The molecule has 18 heavy (non-hydrogen) atoms. The normalized spacial score (nSPS) is 10.6. The fraction of sp³-hybridized carbons (Fsp3) is 0.273. The molecule has 1 aromatic heterocycles. The molecule has 7 heteroatoms. The Morgan fingerprint density at radius 1 is 1.50 bits per heavy atom. The molecule has 1 aromatic carbocycles. The molecule has 0 aliphatic carbocycles. The fourth-order valence-electron chi connectivity index (χ4n) is 1.64. The molecule has 1 heterocycles. The Hall–Kier alpha value is -2.31. The van der Waals surface area contributed by atoms with Gasteiger partial charge < -0.3 is 5.11 Å². The van der Waals surface area contributed by atoms with Crippen LogP contribution in [0.25, 0.3) is 5.69 Å². The second-order valence-corrected chi connectivity index (χ2v) is 3.72. The molecule has 94 valence electrons. The number of aromatic nitrogens is 4. The number of carboxylic acid groups (broad SMARTS) is 1. The standard InChI is InChI=1S/C11H11FN4O2/c1-2-3-10-13-14-15-16(10)9-5-4-7(12)6-8(9)11(17)18/h4-6H,2-3H2,1H3,(H,17,18). The molecule has 6 nitrogen and oxygen atoms in total. The van der Waals surface area contributed by atoms with Crippen LogP contribution in [0.1, 0.15) is 29.5 Å². The van der Waals surface area contributed by atoms with E-state index >= 15 is 0 Å². The van der Waals surface area contributed by atoms with E-state index < -0.39 is 11.8 Å². The van der Waals surface area contributed by atoms with Crippen LogP contribution in [-0.4, -0.2) is 31.3 Å². The summed E-state index contributed by atoms with van der Waals surface area (Å²) >= 11 is 0. The highest BCUT2D eigenvalue weighted by molar-refractivity contribution is 5.91. The van der Waals surface area contributed by atoms with Gasteiger partial charge in [0.2, 0.25) is 0 Å². The number of aromatic carboxylic acids is 1. The average molecular weight is 250 g/mol. The first-order valence-electron chi connectivity index (χ1n) is 5.44. The third-order valence-electron chi connectivity index (χ3n) is 2.42. The van der Waals surface area contributed by atoms with E-state index in [4.69, 9.17) is 5.11 Å². The summed E-state index contributed by atoms with van der Waals surface area (Å²) < 4.78 is 14.4. The number of carbonyl (C=O) groups is 1. The predicted octanol–water partition coefficient (Wildman–Crippen LogP) is 1.45. The third-order valence-corrected chi connectivity index (χ3v) is 2.42. The number of tetrazole rings is 1. The number of halogens is 1. The van der Waals surface area contributed by atoms with E-state index in [0.717, 1.165) is 12.5 Å². The van der Waals surface area contributed by atoms with Crippen molar-refractivity contribution in [3.05, 3.63) is 35.4 Å². The van der Waals surface area contributed by atoms with Crippen LogP contribution in [-0.2, 0) is 6.42 Å². The molecule has 0 saturated heterocycles. The van der Waals surface area contributed by atoms with Crippen LogP contribution in [0.5, 0.6) is 0 Å². The van der Waals surface area contributed by atoms with E-state index in [1.807, 2.05) is 6.92 Å². The Labute approximate surface area is 102 Å². The van der Waals surface area contributed by atoms with Gasteiger partial charge in [0.25, 0.3) is 0 Å². The van der Waals surface area contributed by atoms with Crippen molar-refractivity contribution < 1.29 is 14.3 Å². The van der Waals surface area contributed by atoms with Crippen LogP contribution < -0.4 is 0 Å². The van der Waals surface area contributed by atoms with E-state index in [2.05, 4.69) is 15.5 Å². The molecule has 0 aliphatic heterocycles. The lowest BCUT2D eigenvalue weighted by molar-refractivity contribution is 0.0696. The molecule has 1 N–H and O–H groups in total. The van der Waals surface area contributed by atoms with Crippen molar-refractivity contribution in [2.75, 3.05) is 0 Å². The molecule has 0 radical (unpaired) electrons.